The van der Waals surface area contributed by atoms with E-state index in [1.165, 1.54) is 38.6 Å². The van der Waals surface area contributed by atoms with Crippen molar-refractivity contribution in [2.45, 2.75) is 48.7 Å². The number of carbonyl (C=O) groups excluding carboxylic acids is 4. The third kappa shape index (κ3) is 5.64. The topological polar surface area (TPSA) is 74.8 Å². The van der Waals surface area contributed by atoms with Crippen molar-refractivity contribution in [3.8, 4) is 11.1 Å². The van der Waals surface area contributed by atoms with Gasteiger partial charge in [0.05, 0.1) is 27.3 Å². The summed E-state index contributed by atoms with van der Waals surface area (Å²) < 4.78 is 123. The average Bonchev–Trinajstić information content (AvgIpc) is 3.46. The second-order valence-corrected chi connectivity index (χ2v) is 14.4. The standard InChI is InChI=1S/C31H21ClF8N2O4S2/c1-31(2,3)11-8-15(43)41(29(11)45)27-23(37)19(33)17(20(34)24(27)38)18-21(35)25(39)28(26(40)22(18)36)42-16(44)9-14(30(42)46)48-10-5-6-13(47-4)12(32)7-10/h5-7,11,14H,8-9H2,1-4H3. The zero-order chi connectivity index (χ0) is 35.7. The van der Waals surface area contributed by atoms with Crippen molar-refractivity contribution in [2.24, 2.45) is 11.3 Å². The number of imide groups is 2. The van der Waals surface area contributed by atoms with Gasteiger partial charge in [-0.15, -0.1) is 23.5 Å². The van der Waals surface area contributed by atoms with E-state index in [1.54, 1.807) is 18.4 Å². The molecule has 48 heavy (non-hydrogen) atoms. The zero-order valence-corrected chi connectivity index (χ0v) is 27.4. The highest BCUT2D eigenvalue weighted by atomic mass is 35.5. The minimum Gasteiger partial charge on any atom is -0.274 e. The number of hydrogen-bond donors (Lipinski definition) is 0. The highest BCUT2D eigenvalue weighted by Gasteiger charge is 2.49. The highest BCUT2D eigenvalue weighted by molar-refractivity contribution is 8.00. The number of hydrogen-bond acceptors (Lipinski definition) is 6. The lowest BCUT2D eigenvalue weighted by atomic mass is 9.80. The lowest BCUT2D eigenvalue weighted by molar-refractivity contribution is -0.124. The summed E-state index contributed by atoms with van der Waals surface area (Å²) in [6.07, 6.45) is 0.489. The second-order valence-electron chi connectivity index (χ2n) is 11.8. The fourth-order valence-corrected chi connectivity index (χ4v) is 7.46. The van der Waals surface area contributed by atoms with Crippen LogP contribution in [0.15, 0.2) is 28.0 Å². The summed E-state index contributed by atoms with van der Waals surface area (Å²) in [6.45, 7) is 4.55. The second kappa shape index (κ2) is 12.7. The maximum absolute atomic E-state index is 15.4. The molecule has 6 nitrogen and oxygen atoms in total. The number of thioether (sulfide) groups is 2. The largest absolute Gasteiger partial charge is 0.274 e. The summed E-state index contributed by atoms with van der Waals surface area (Å²) in [5.41, 5.74) is -9.12. The van der Waals surface area contributed by atoms with Gasteiger partial charge in [0.15, 0.2) is 46.5 Å². The van der Waals surface area contributed by atoms with Gasteiger partial charge in [0.25, 0.3) is 0 Å². The van der Waals surface area contributed by atoms with Crippen molar-refractivity contribution < 1.29 is 54.3 Å². The van der Waals surface area contributed by atoms with Crippen LogP contribution in [0.1, 0.15) is 33.6 Å². The maximum Gasteiger partial charge on any atom is 0.247 e. The van der Waals surface area contributed by atoms with E-state index < -0.39 is 122 Å². The van der Waals surface area contributed by atoms with E-state index in [0.717, 1.165) is 11.8 Å². The van der Waals surface area contributed by atoms with Crippen molar-refractivity contribution in [1.82, 2.24) is 0 Å². The molecule has 5 rings (SSSR count). The van der Waals surface area contributed by atoms with Crippen LogP contribution in [0.25, 0.3) is 11.1 Å². The molecule has 2 unspecified atom stereocenters. The molecule has 0 aromatic heterocycles. The summed E-state index contributed by atoms with van der Waals surface area (Å²) in [5.74, 6) is -26.5. The van der Waals surface area contributed by atoms with Gasteiger partial charge in [0, 0.05) is 22.6 Å². The van der Waals surface area contributed by atoms with Gasteiger partial charge in [0.2, 0.25) is 23.6 Å². The number of halogens is 9. The Bertz CT molecular complexity index is 1900. The van der Waals surface area contributed by atoms with Crippen LogP contribution in [-0.4, -0.2) is 35.1 Å². The van der Waals surface area contributed by atoms with Crippen molar-refractivity contribution in [3.05, 3.63) is 69.8 Å². The van der Waals surface area contributed by atoms with E-state index in [4.69, 9.17) is 11.6 Å². The Morgan fingerprint density at radius 3 is 1.52 bits per heavy atom. The van der Waals surface area contributed by atoms with Crippen LogP contribution in [0.5, 0.6) is 0 Å². The van der Waals surface area contributed by atoms with Crippen LogP contribution >= 0.6 is 35.1 Å². The number of carbonyl (C=O) groups is 4. The van der Waals surface area contributed by atoms with Crippen molar-refractivity contribution >= 4 is 70.1 Å². The lowest BCUT2D eigenvalue weighted by Crippen LogP contribution is -2.35. The minimum atomic E-state index is -2.61. The van der Waals surface area contributed by atoms with Gasteiger partial charge < -0.3 is 0 Å². The van der Waals surface area contributed by atoms with Crippen LogP contribution in [-0.2, 0) is 19.2 Å². The summed E-state index contributed by atoms with van der Waals surface area (Å²) in [7, 11) is 0. The van der Waals surface area contributed by atoms with Crippen LogP contribution in [0.2, 0.25) is 5.02 Å². The quantitative estimate of drug-likeness (QED) is 0.110. The molecule has 2 aliphatic heterocycles. The molecule has 2 atom stereocenters. The molecule has 0 bridgehead atoms. The average molecular weight is 737 g/mol. The first-order chi connectivity index (χ1) is 22.3. The number of benzene rings is 3. The normalized spacial score (nSPS) is 18.6. The molecular formula is C31H21ClF8N2O4S2. The molecule has 0 saturated carbocycles. The number of nitrogens with zero attached hydrogens (tertiary/aromatic N) is 2. The molecule has 2 saturated heterocycles. The van der Waals surface area contributed by atoms with Crippen molar-refractivity contribution in [1.29, 1.82) is 0 Å². The fraction of sp³-hybridized carbons (Fsp3) is 0.290. The van der Waals surface area contributed by atoms with E-state index in [-0.39, 0.29) is 9.80 Å². The number of rotatable bonds is 6. The van der Waals surface area contributed by atoms with Gasteiger partial charge in [-0.3, -0.25) is 19.2 Å². The molecule has 3 aromatic rings. The third-order valence-electron chi connectivity index (χ3n) is 7.88. The molecule has 17 heteroatoms. The Balaban J connectivity index is 1.57. The highest BCUT2D eigenvalue weighted by Crippen LogP contribution is 2.46. The molecule has 2 fully saturated rings. The van der Waals surface area contributed by atoms with Gasteiger partial charge in [-0.1, -0.05) is 32.4 Å². The minimum absolute atomic E-state index is 0.141. The molecule has 3 aromatic carbocycles. The number of amides is 4. The molecule has 0 N–H and O–H groups in total. The predicted octanol–water partition coefficient (Wildman–Crippen LogP) is 8.19. The first kappa shape index (κ1) is 35.7. The molecule has 2 aliphatic rings. The van der Waals surface area contributed by atoms with Gasteiger partial charge in [-0.2, -0.15) is 0 Å². The Morgan fingerprint density at radius 2 is 1.12 bits per heavy atom. The van der Waals surface area contributed by atoms with Gasteiger partial charge in [-0.25, -0.2) is 44.9 Å². The van der Waals surface area contributed by atoms with Crippen LogP contribution < -0.4 is 9.80 Å². The molecule has 0 aliphatic carbocycles. The van der Waals surface area contributed by atoms with E-state index in [0.29, 0.717) is 14.8 Å². The van der Waals surface area contributed by atoms with E-state index >= 15 is 35.1 Å². The first-order valence-corrected chi connectivity index (χ1v) is 16.3. The zero-order valence-electron chi connectivity index (χ0n) is 25.0. The Kier molecular flexibility index (Phi) is 9.42. The van der Waals surface area contributed by atoms with Crippen LogP contribution in [0.3, 0.4) is 0 Å². The SMILES string of the molecule is CSc1ccc(SC2CC(=O)N(c3c(F)c(F)c(-c4c(F)c(F)c(N5C(=O)CC(C(C)(C)C)C5=O)c(F)c4F)c(F)c3F)C2=O)cc1Cl. The van der Waals surface area contributed by atoms with Gasteiger partial charge >= 0.3 is 0 Å². The number of anilines is 2. The molecule has 2 heterocycles. The summed E-state index contributed by atoms with van der Waals surface area (Å²) >= 11 is 8.23. The molecule has 0 radical (unpaired) electrons. The third-order valence-corrected chi connectivity index (χ3v) is 10.3. The summed E-state index contributed by atoms with van der Waals surface area (Å²) in [4.78, 5) is 52.0. The predicted molar refractivity (Wildman–Crippen MR) is 162 cm³/mol. The molecule has 4 amide bonds. The maximum atomic E-state index is 15.4. The van der Waals surface area contributed by atoms with Crippen molar-refractivity contribution in [2.75, 3.05) is 16.1 Å². The molecule has 0 spiro atoms. The monoisotopic (exact) mass is 736 g/mol. The summed E-state index contributed by atoms with van der Waals surface area (Å²) in [6, 6.07) is 4.61. The Labute approximate surface area is 280 Å². The Hall–Kier alpha value is -3.63. The fourth-order valence-electron chi connectivity index (χ4n) is 5.43. The van der Waals surface area contributed by atoms with Crippen LogP contribution in [0.4, 0.5) is 46.5 Å². The van der Waals surface area contributed by atoms with Crippen molar-refractivity contribution in [3.63, 3.8) is 0 Å². The van der Waals surface area contributed by atoms with E-state index in [1.807, 2.05) is 0 Å². The Morgan fingerprint density at radius 1 is 0.688 bits per heavy atom. The summed E-state index contributed by atoms with van der Waals surface area (Å²) in [5, 5.41) is -1.04. The van der Waals surface area contributed by atoms with Gasteiger partial charge in [-0.05, 0) is 29.9 Å². The van der Waals surface area contributed by atoms with E-state index in [2.05, 4.69) is 0 Å². The lowest BCUT2D eigenvalue weighted by Gasteiger charge is -2.25. The molecule has 254 valence electrons. The smallest absolute Gasteiger partial charge is 0.247 e. The first-order valence-electron chi connectivity index (χ1n) is 13.8. The van der Waals surface area contributed by atoms with E-state index in [9.17, 15) is 19.2 Å². The molecular weight excluding hydrogens is 716 g/mol. The van der Waals surface area contributed by atoms with Gasteiger partial charge in [0.1, 0.15) is 11.4 Å². The van der Waals surface area contributed by atoms with Crippen LogP contribution in [0, 0.1) is 57.9 Å².